The summed E-state index contributed by atoms with van der Waals surface area (Å²) >= 11 is 0. The molecule has 294 valence electrons. The SMILES string of the molecule is CCCCCCCCC(CC)OC(=O)NCCOC(=O)CCN(CCC(=O)OCCNC(=O)OC(CC)CCCCCCCC)CCN(C)C. The predicted octanol–water partition coefficient (Wildman–Crippen LogP) is 7.23. The molecule has 0 saturated heterocycles. The van der Waals surface area contributed by atoms with Crippen molar-refractivity contribution in [3.63, 3.8) is 0 Å². The smallest absolute Gasteiger partial charge is 0.407 e. The maximum atomic E-state index is 12.4. The van der Waals surface area contributed by atoms with E-state index < -0.39 is 12.2 Å². The number of carbonyl (C=O) groups is 4. The van der Waals surface area contributed by atoms with Gasteiger partial charge in [-0.1, -0.05) is 91.9 Å². The zero-order chi connectivity index (χ0) is 37.2. The zero-order valence-electron chi connectivity index (χ0n) is 32.7. The summed E-state index contributed by atoms with van der Waals surface area (Å²) in [4.78, 5) is 53.2. The fourth-order valence-electron chi connectivity index (χ4n) is 5.34. The largest absolute Gasteiger partial charge is 0.464 e. The Kier molecular flexibility index (Phi) is 31.8. The summed E-state index contributed by atoms with van der Waals surface area (Å²) < 4.78 is 21.7. The number of likely N-dealkylation sites (N-methyl/N-ethyl adjacent to an activating group) is 1. The highest BCUT2D eigenvalue weighted by Gasteiger charge is 2.15. The summed E-state index contributed by atoms with van der Waals surface area (Å²) in [5, 5.41) is 5.34. The molecule has 12 heteroatoms. The number of hydrogen-bond acceptors (Lipinski definition) is 10. The van der Waals surface area contributed by atoms with Crippen LogP contribution in [0, 0.1) is 0 Å². The van der Waals surface area contributed by atoms with Gasteiger partial charge in [-0.15, -0.1) is 0 Å². The van der Waals surface area contributed by atoms with Crippen LogP contribution >= 0.6 is 0 Å². The lowest BCUT2D eigenvalue weighted by atomic mass is 10.1. The van der Waals surface area contributed by atoms with Crippen molar-refractivity contribution in [2.24, 2.45) is 0 Å². The number of nitrogens with zero attached hydrogens (tertiary/aromatic N) is 2. The van der Waals surface area contributed by atoms with Gasteiger partial charge < -0.3 is 39.4 Å². The Balaban J connectivity index is 4.26. The van der Waals surface area contributed by atoms with Gasteiger partial charge in [-0.05, 0) is 52.6 Å². The quantitative estimate of drug-likeness (QED) is 0.0407. The third-order valence-corrected chi connectivity index (χ3v) is 8.61. The van der Waals surface area contributed by atoms with Gasteiger partial charge in [0.1, 0.15) is 25.4 Å². The fourth-order valence-corrected chi connectivity index (χ4v) is 5.34. The van der Waals surface area contributed by atoms with Gasteiger partial charge in [0.25, 0.3) is 0 Å². The third kappa shape index (κ3) is 30.2. The van der Waals surface area contributed by atoms with Crippen LogP contribution in [0.3, 0.4) is 0 Å². The molecule has 2 amide bonds. The van der Waals surface area contributed by atoms with E-state index in [4.69, 9.17) is 18.9 Å². The summed E-state index contributed by atoms with van der Waals surface area (Å²) in [5.41, 5.74) is 0. The van der Waals surface area contributed by atoms with Crippen LogP contribution in [0.2, 0.25) is 0 Å². The molecule has 0 saturated carbocycles. The highest BCUT2D eigenvalue weighted by molar-refractivity contribution is 5.70. The van der Waals surface area contributed by atoms with Crippen molar-refractivity contribution in [3.05, 3.63) is 0 Å². The Morgan fingerprint density at radius 1 is 0.540 bits per heavy atom. The van der Waals surface area contributed by atoms with E-state index >= 15 is 0 Å². The Bertz CT molecular complexity index is 799. The highest BCUT2D eigenvalue weighted by atomic mass is 16.6. The van der Waals surface area contributed by atoms with Crippen molar-refractivity contribution in [2.45, 2.75) is 155 Å². The summed E-state index contributed by atoms with van der Waals surface area (Å²) in [6.07, 6.45) is 16.8. The average molecular weight is 715 g/mol. The van der Waals surface area contributed by atoms with Crippen LogP contribution in [-0.2, 0) is 28.5 Å². The molecule has 0 bridgehead atoms. The number of nitrogens with one attached hydrogen (secondary N) is 2. The molecular formula is C38H74N4O8. The first kappa shape index (κ1) is 47.4. The number of esters is 2. The van der Waals surface area contributed by atoms with Crippen LogP contribution in [0.25, 0.3) is 0 Å². The number of amides is 2. The fraction of sp³-hybridized carbons (Fsp3) is 0.895. The Hall–Kier alpha value is -2.60. The van der Waals surface area contributed by atoms with E-state index in [9.17, 15) is 19.2 Å². The molecule has 0 aromatic carbocycles. The van der Waals surface area contributed by atoms with Crippen LogP contribution in [0.1, 0.15) is 143 Å². The molecule has 2 N–H and O–H groups in total. The number of carbonyl (C=O) groups excluding carboxylic acids is 4. The summed E-state index contributed by atoms with van der Waals surface area (Å²) in [6.45, 7) is 11.2. The molecule has 0 radical (unpaired) electrons. The number of ether oxygens (including phenoxy) is 4. The van der Waals surface area contributed by atoms with Crippen LogP contribution in [-0.4, -0.2) is 113 Å². The van der Waals surface area contributed by atoms with Gasteiger partial charge in [-0.25, -0.2) is 9.59 Å². The lowest BCUT2D eigenvalue weighted by Crippen LogP contribution is -2.36. The van der Waals surface area contributed by atoms with E-state index in [-0.39, 0.29) is 63.3 Å². The van der Waals surface area contributed by atoms with Crippen LogP contribution in [0.15, 0.2) is 0 Å². The number of alkyl carbamates (subject to hydrolysis) is 2. The normalized spacial score (nSPS) is 12.4. The minimum absolute atomic E-state index is 0.0615. The number of unbranched alkanes of at least 4 members (excludes halogenated alkanes) is 10. The van der Waals surface area contributed by atoms with Crippen LogP contribution in [0.5, 0.6) is 0 Å². The van der Waals surface area contributed by atoms with Gasteiger partial charge in [0.2, 0.25) is 0 Å². The maximum absolute atomic E-state index is 12.4. The minimum atomic E-state index is -0.486. The third-order valence-electron chi connectivity index (χ3n) is 8.61. The van der Waals surface area contributed by atoms with Crippen molar-refractivity contribution in [1.82, 2.24) is 20.4 Å². The molecule has 0 aliphatic carbocycles. The van der Waals surface area contributed by atoms with Crippen molar-refractivity contribution >= 4 is 24.1 Å². The monoisotopic (exact) mass is 715 g/mol. The predicted molar refractivity (Wildman–Crippen MR) is 199 cm³/mol. The molecule has 0 aromatic heterocycles. The second-order valence-corrected chi connectivity index (χ2v) is 13.4. The van der Waals surface area contributed by atoms with Gasteiger partial charge >= 0.3 is 24.1 Å². The van der Waals surface area contributed by atoms with E-state index in [1.165, 1.54) is 51.4 Å². The molecule has 0 rings (SSSR count). The van der Waals surface area contributed by atoms with E-state index in [1.807, 2.05) is 37.7 Å². The van der Waals surface area contributed by atoms with Gasteiger partial charge in [-0.2, -0.15) is 0 Å². The molecule has 0 fully saturated rings. The molecule has 12 nitrogen and oxygen atoms in total. The molecule has 0 aromatic rings. The lowest BCUT2D eigenvalue weighted by molar-refractivity contribution is -0.144. The first-order valence-corrected chi connectivity index (χ1v) is 19.7. The molecule has 0 heterocycles. The molecule has 2 atom stereocenters. The first-order chi connectivity index (χ1) is 24.1. The van der Waals surface area contributed by atoms with Crippen LogP contribution < -0.4 is 10.6 Å². The van der Waals surface area contributed by atoms with Crippen molar-refractivity contribution in [2.75, 3.05) is 66.6 Å². The lowest BCUT2D eigenvalue weighted by Gasteiger charge is -2.23. The topological polar surface area (TPSA) is 136 Å². The molecule has 2 unspecified atom stereocenters. The minimum Gasteiger partial charge on any atom is -0.464 e. The summed E-state index contributed by atoms with van der Waals surface area (Å²) in [6, 6.07) is 0. The summed E-state index contributed by atoms with van der Waals surface area (Å²) in [7, 11) is 3.93. The molecular weight excluding hydrogens is 640 g/mol. The standard InChI is InChI=1S/C38H74N4O8/c1-7-11-13-15-17-19-21-33(9-3)49-37(45)39-25-31-47-35(43)23-27-42(30-29-41(5)6)28-24-36(44)48-32-26-40-38(46)50-34(10-4)22-20-18-16-14-12-8-2/h33-34H,7-32H2,1-6H3,(H,39,45)(H,40,46). The Morgan fingerprint density at radius 3 is 1.32 bits per heavy atom. The van der Waals surface area contributed by atoms with Crippen molar-refractivity contribution in [1.29, 1.82) is 0 Å². The number of hydrogen-bond donors (Lipinski definition) is 2. The molecule has 0 aliphatic rings. The van der Waals surface area contributed by atoms with E-state index in [2.05, 4.69) is 24.5 Å². The average Bonchev–Trinajstić information content (AvgIpc) is 3.09. The van der Waals surface area contributed by atoms with Crippen molar-refractivity contribution in [3.8, 4) is 0 Å². The van der Waals surface area contributed by atoms with Gasteiger partial charge in [0, 0.05) is 26.2 Å². The second-order valence-electron chi connectivity index (χ2n) is 13.4. The Morgan fingerprint density at radius 2 is 0.940 bits per heavy atom. The number of rotatable bonds is 33. The van der Waals surface area contributed by atoms with E-state index in [1.54, 1.807) is 0 Å². The summed E-state index contributed by atoms with van der Waals surface area (Å²) in [5.74, 6) is -0.746. The zero-order valence-corrected chi connectivity index (χ0v) is 32.7. The highest BCUT2D eigenvalue weighted by Crippen LogP contribution is 2.14. The van der Waals surface area contributed by atoms with Crippen LogP contribution in [0.4, 0.5) is 9.59 Å². The van der Waals surface area contributed by atoms with E-state index in [0.717, 1.165) is 57.9 Å². The Labute approximate surface area is 304 Å². The van der Waals surface area contributed by atoms with E-state index in [0.29, 0.717) is 19.6 Å². The van der Waals surface area contributed by atoms with Crippen molar-refractivity contribution < 1.29 is 38.1 Å². The van der Waals surface area contributed by atoms with Gasteiger partial charge in [-0.3, -0.25) is 9.59 Å². The first-order valence-electron chi connectivity index (χ1n) is 19.7. The second kappa shape index (κ2) is 33.5. The molecule has 0 spiro atoms. The molecule has 0 aliphatic heterocycles. The van der Waals surface area contributed by atoms with Gasteiger partial charge in [0.05, 0.1) is 25.9 Å². The van der Waals surface area contributed by atoms with Gasteiger partial charge in [0.15, 0.2) is 0 Å². The molecule has 50 heavy (non-hydrogen) atoms. The maximum Gasteiger partial charge on any atom is 0.407 e.